The molecule has 3 rings (SSSR count). The number of H-pyrrole nitrogens is 1. The molecule has 0 aliphatic heterocycles. The van der Waals surface area contributed by atoms with Gasteiger partial charge in [0.15, 0.2) is 0 Å². The third kappa shape index (κ3) is 1.49. The van der Waals surface area contributed by atoms with Gasteiger partial charge in [0.25, 0.3) is 0 Å². The predicted molar refractivity (Wildman–Crippen MR) is 63.8 cm³/mol. The lowest BCUT2D eigenvalue weighted by molar-refractivity contribution is 0.570. The average Bonchev–Trinajstić information content (AvgIpc) is 2.82. The first-order chi connectivity index (χ1) is 7.74. The molecule has 0 bridgehead atoms. The van der Waals surface area contributed by atoms with Crippen LogP contribution in [0.2, 0.25) is 10.2 Å². The first-order valence-corrected chi connectivity index (χ1v) is 5.38. The van der Waals surface area contributed by atoms with Gasteiger partial charge >= 0.3 is 0 Å². The van der Waals surface area contributed by atoms with E-state index in [-0.39, 0.29) is 0 Å². The Morgan fingerprint density at radius 2 is 2.06 bits per heavy atom. The number of imidazole rings is 1. The number of fused-ring (bicyclic) bond motifs is 1. The summed E-state index contributed by atoms with van der Waals surface area (Å²) in [6.45, 7) is 0. The average molecular weight is 253 g/mol. The molecule has 2 aromatic heterocycles. The van der Waals surface area contributed by atoms with Crippen molar-refractivity contribution in [1.29, 1.82) is 0 Å². The van der Waals surface area contributed by atoms with E-state index < -0.39 is 0 Å². The second kappa shape index (κ2) is 3.54. The van der Waals surface area contributed by atoms with Gasteiger partial charge in [0, 0.05) is 5.02 Å². The van der Waals surface area contributed by atoms with Crippen molar-refractivity contribution in [2.24, 2.45) is 0 Å². The van der Waals surface area contributed by atoms with E-state index in [1.54, 1.807) is 12.1 Å². The first kappa shape index (κ1) is 9.75. The van der Waals surface area contributed by atoms with Crippen molar-refractivity contribution in [2.75, 3.05) is 0 Å². The summed E-state index contributed by atoms with van der Waals surface area (Å²) >= 11 is 11.8. The molecule has 0 amide bonds. The highest BCUT2D eigenvalue weighted by atomic mass is 35.5. The van der Waals surface area contributed by atoms with E-state index in [4.69, 9.17) is 27.6 Å². The smallest absolute Gasteiger partial charge is 0.203 e. The predicted octanol–water partition coefficient (Wildman–Crippen LogP) is 4.13. The third-order valence-corrected chi connectivity index (χ3v) is 2.84. The minimum atomic E-state index is 0.324. The molecule has 0 saturated carbocycles. The molecule has 0 atom stereocenters. The highest BCUT2D eigenvalue weighted by Gasteiger charge is 2.11. The van der Waals surface area contributed by atoms with Crippen LogP contribution in [0, 0.1) is 0 Å². The van der Waals surface area contributed by atoms with Gasteiger partial charge in [0.2, 0.25) is 5.22 Å². The number of furan rings is 1. The number of nitrogens with one attached hydrogen (secondary N) is 1. The Balaban J connectivity index is 2.23. The maximum Gasteiger partial charge on any atom is 0.203 e. The summed E-state index contributed by atoms with van der Waals surface area (Å²) in [6, 6.07) is 7.24. The van der Waals surface area contributed by atoms with Crippen LogP contribution in [0.4, 0.5) is 0 Å². The molecule has 3 aromatic rings. The molecule has 0 aliphatic carbocycles. The molecule has 0 unspecified atom stereocenters. The van der Waals surface area contributed by atoms with Crippen molar-refractivity contribution in [1.82, 2.24) is 9.97 Å². The van der Waals surface area contributed by atoms with Crippen LogP contribution in [0.15, 0.2) is 34.9 Å². The number of rotatable bonds is 1. The van der Waals surface area contributed by atoms with Gasteiger partial charge in [-0.25, -0.2) is 4.98 Å². The number of aromatic amines is 1. The fraction of sp³-hybridized carbons (Fsp3) is 0. The van der Waals surface area contributed by atoms with E-state index >= 15 is 0 Å². The molecule has 3 nitrogen and oxygen atoms in total. The van der Waals surface area contributed by atoms with Crippen molar-refractivity contribution in [3.63, 3.8) is 0 Å². The summed E-state index contributed by atoms with van der Waals surface area (Å²) < 4.78 is 5.02. The van der Waals surface area contributed by atoms with E-state index in [1.165, 1.54) is 6.26 Å². The van der Waals surface area contributed by atoms with E-state index in [1.807, 2.05) is 12.1 Å². The summed E-state index contributed by atoms with van der Waals surface area (Å²) in [5.74, 6) is 0.677. The Labute approximate surface area is 101 Å². The molecule has 16 heavy (non-hydrogen) atoms. The van der Waals surface area contributed by atoms with E-state index in [0.717, 1.165) is 16.6 Å². The molecule has 2 heterocycles. The first-order valence-electron chi connectivity index (χ1n) is 4.63. The fourth-order valence-electron chi connectivity index (χ4n) is 1.57. The Bertz CT molecular complexity index is 657. The molecule has 0 aliphatic rings. The standard InChI is InChI=1S/C11H6Cl2N2O/c12-6-1-2-8-9(5-6)15-11(14-8)7-3-4-16-10(7)13/h1-5H,(H,14,15). The number of hydrogen-bond acceptors (Lipinski definition) is 2. The minimum Gasteiger partial charge on any atom is -0.452 e. The largest absolute Gasteiger partial charge is 0.452 e. The van der Waals surface area contributed by atoms with Gasteiger partial charge in [-0.2, -0.15) is 0 Å². The van der Waals surface area contributed by atoms with E-state index in [2.05, 4.69) is 9.97 Å². The lowest BCUT2D eigenvalue weighted by atomic mass is 10.3. The van der Waals surface area contributed by atoms with Crippen LogP contribution in [0.5, 0.6) is 0 Å². The normalized spacial score (nSPS) is 11.1. The zero-order chi connectivity index (χ0) is 11.1. The number of benzene rings is 1. The molecule has 0 spiro atoms. The fourth-order valence-corrected chi connectivity index (χ4v) is 1.95. The van der Waals surface area contributed by atoms with Crippen molar-refractivity contribution >= 4 is 34.2 Å². The number of nitrogens with zero attached hydrogens (tertiary/aromatic N) is 1. The van der Waals surface area contributed by atoms with Crippen LogP contribution in [-0.2, 0) is 0 Å². The maximum absolute atomic E-state index is 5.89. The van der Waals surface area contributed by atoms with Gasteiger partial charge in [-0.1, -0.05) is 11.6 Å². The van der Waals surface area contributed by atoms with Crippen molar-refractivity contribution in [3.8, 4) is 11.4 Å². The summed E-state index contributed by atoms with van der Waals surface area (Å²) in [5, 5.41) is 0.992. The second-order valence-electron chi connectivity index (χ2n) is 3.35. The molecular formula is C11H6Cl2N2O. The quantitative estimate of drug-likeness (QED) is 0.708. The molecule has 0 saturated heterocycles. The van der Waals surface area contributed by atoms with Gasteiger partial charge in [-0.05, 0) is 35.9 Å². The highest BCUT2D eigenvalue weighted by Crippen LogP contribution is 2.28. The molecule has 0 fully saturated rings. The number of aromatic nitrogens is 2. The summed E-state index contributed by atoms with van der Waals surface area (Å²) in [7, 11) is 0. The Kier molecular flexibility index (Phi) is 2.16. The van der Waals surface area contributed by atoms with Crippen LogP contribution >= 0.6 is 23.2 Å². The van der Waals surface area contributed by atoms with Crippen LogP contribution in [0.1, 0.15) is 0 Å². The maximum atomic E-state index is 5.89. The Morgan fingerprint density at radius 3 is 2.81 bits per heavy atom. The molecule has 80 valence electrons. The molecular weight excluding hydrogens is 247 g/mol. The SMILES string of the molecule is Clc1ccc2nc(-c3ccoc3Cl)[nH]c2c1. The van der Waals surface area contributed by atoms with Gasteiger partial charge in [0.05, 0.1) is 22.9 Å². The van der Waals surface area contributed by atoms with Crippen molar-refractivity contribution < 1.29 is 4.42 Å². The van der Waals surface area contributed by atoms with Gasteiger partial charge in [0.1, 0.15) is 5.82 Å². The van der Waals surface area contributed by atoms with Crippen molar-refractivity contribution in [3.05, 3.63) is 40.8 Å². The van der Waals surface area contributed by atoms with Crippen LogP contribution in [0.25, 0.3) is 22.4 Å². The Morgan fingerprint density at radius 1 is 1.19 bits per heavy atom. The Hall–Kier alpha value is -1.45. The monoisotopic (exact) mass is 252 g/mol. The van der Waals surface area contributed by atoms with Crippen LogP contribution < -0.4 is 0 Å². The molecule has 1 aromatic carbocycles. The summed E-state index contributed by atoms with van der Waals surface area (Å²) in [6.07, 6.45) is 1.53. The minimum absolute atomic E-state index is 0.324. The zero-order valence-corrected chi connectivity index (χ0v) is 9.51. The number of halogens is 2. The lowest BCUT2D eigenvalue weighted by Crippen LogP contribution is -1.76. The topological polar surface area (TPSA) is 41.8 Å². The van der Waals surface area contributed by atoms with Gasteiger partial charge in [-0.3, -0.25) is 0 Å². The van der Waals surface area contributed by atoms with E-state index in [0.29, 0.717) is 16.1 Å². The summed E-state index contributed by atoms with van der Waals surface area (Å²) in [5.41, 5.74) is 2.46. The zero-order valence-electron chi connectivity index (χ0n) is 8.00. The number of hydrogen-bond donors (Lipinski definition) is 1. The van der Waals surface area contributed by atoms with Gasteiger partial charge < -0.3 is 9.40 Å². The summed E-state index contributed by atoms with van der Waals surface area (Å²) in [4.78, 5) is 7.54. The molecule has 5 heteroatoms. The lowest BCUT2D eigenvalue weighted by Gasteiger charge is -1.89. The van der Waals surface area contributed by atoms with Crippen molar-refractivity contribution in [2.45, 2.75) is 0 Å². The van der Waals surface area contributed by atoms with E-state index in [9.17, 15) is 0 Å². The van der Waals surface area contributed by atoms with Crippen LogP contribution in [0.3, 0.4) is 0 Å². The second-order valence-corrected chi connectivity index (χ2v) is 4.13. The van der Waals surface area contributed by atoms with Crippen LogP contribution in [-0.4, -0.2) is 9.97 Å². The van der Waals surface area contributed by atoms with Gasteiger partial charge in [-0.15, -0.1) is 0 Å². The third-order valence-electron chi connectivity index (χ3n) is 2.32. The highest BCUT2D eigenvalue weighted by molar-refractivity contribution is 6.31. The molecule has 0 radical (unpaired) electrons. The molecule has 1 N–H and O–H groups in total.